The molecule has 152 valence electrons. The second-order valence-corrected chi connectivity index (χ2v) is 9.03. The van der Waals surface area contributed by atoms with Crippen LogP contribution in [-0.4, -0.2) is 41.2 Å². The van der Waals surface area contributed by atoms with Gasteiger partial charge in [0.15, 0.2) is 0 Å². The third kappa shape index (κ3) is 4.02. The van der Waals surface area contributed by atoms with Crippen molar-refractivity contribution in [3.63, 3.8) is 0 Å². The molecule has 3 aromatic rings. The zero-order chi connectivity index (χ0) is 19.6. The number of morpholine rings is 1. The van der Waals surface area contributed by atoms with E-state index in [4.69, 9.17) is 14.7 Å². The number of hydrogen-bond donors (Lipinski definition) is 1. The van der Waals surface area contributed by atoms with Crippen LogP contribution in [0.15, 0.2) is 24.3 Å². The minimum Gasteiger partial charge on any atom is -0.379 e. The van der Waals surface area contributed by atoms with Crippen LogP contribution in [0.4, 0.5) is 11.5 Å². The number of rotatable bonds is 5. The summed E-state index contributed by atoms with van der Waals surface area (Å²) in [5.74, 6) is 1.88. The molecule has 1 N–H and O–H groups in total. The van der Waals surface area contributed by atoms with Gasteiger partial charge < -0.3 is 10.1 Å². The highest BCUT2D eigenvalue weighted by Crippen LogP contribution is 2.39. The van der Waals surface area contributed by atoms with Gasteiger partial charge in [-0.05, 0) is 55.4 Å². The number of aryl methyl sites for hydroxylation is 3. The molecule has 0 spiro atoms. The molecule has 1 saturated heterocycles. The van der Waals surface area contributed by atoms with Gasteiger partial charge in [-0.1, -0.05) is 19.1 Å². The van der Waals surface area contributed by atoms with Crippen molar-refractivity contribution in [3.05, 3.63) is 46.1 Å². The summed E-state index contributed by atoms with van der Waals surface area (Å²) in [4.78, 5) is 15.0. The number of fused-ring (bicyclic) bond motifs is 3. The van der Waals surface area contributed by atoms with E-state index < -0.39 is 0 Å². The number of benzene rings is 1. The van der Waals surface area contributed by atoms with Crippen molar-refractivity contribution >= 4 is 33.1 Å². The Morgan fingerprint density at radius 2 is 1.86 bits per heavy atom. The fraction of sp³-hybridized carbons (Fsp3) is 0.478. The largest absolute Gasteiger partial charge is 0.379 e. The minimum atomic E-state index is 0.783. The van der Waals surface area contributed by atoms with Crippen LogP contribution in [-0.2, 0) is 30.5 Å². The van der Waals surface area contributed by atoms with Crippen molar-refractivity contribution in [2.45, 2.75) is 45.6 Å². The molecule has 1 fully saturated rings. The predicted molar refractivity (Wildman–Crippen MR) is 119 cm³/mol. The summed E-state index contributed by atoms with van der Waals surface area (Å²) in [5, 5.41) is 4.87. The van der Waals surface area contributed by atoms with Crippen LogP contribution in [0, 0.1) is 0 Å². The summed E-state index contributed by atoms with van der Waals surface area (Å²) in [6.45, 7) is 6.46. The van der Waals surface area contributed by atoms with Crippen LogP contribution in [0.3, 0.4) is 0 Å². The van der Waals surface area contributed by atoms with Gasteiger partial charge in [-0.2, -0.15) is 0 Å². The molecule has 1 aromatic carbocycles. The van der Waals surface area contributed by atoms with E-state index in [-0.39, 0.29) is 0 Å². The van der Waals surface area contributed by atoms with Gasteiger partial charge in [-0.25, -0.2) is 9.97 Å². The van der Waals surface area contributed by atoms with Crippen LogP contribution in [0.5, 0.6) is 0 Å². The van der Waals surface area contributed by atoms with Crippen LogP contribution < -0.4 is 5.32 Å². The average Bonchev–Trinajstić information content (AvgIpc) is 3.13. The van der Waals surface area contributed by atoms with E-state index in [2.05, 4.69) is 41.4 Å². The SMILES string of the molecule is CCc1ccc(Nc2nc(CN3CCOCC3)nc3sc4c(c23)CCCC4)cc1. The maximum Gasteiger partial charge on any atom is 0.146 e. The Labute approximate surface area is 176 Å². The van der Waals surface area contributed by atoms with Gasteiger partial charge in [0.25, 0.3) is 0 Å². The molecule has 2 aliphatic rings. The van der Waals surface area contributed by atoms with Crippen molar-refractivity contribution in [2.75, 3.05) is 31.6 Å². The topological polar surface area (TPSA) is 50.3 Å². The third-order valence-electron chi connectivity index (χ3n) is 5.95. The van der Waals surface area contributed by atoms with Gasteiger partial charge in [-0.3, -0.25) is 4.90 Å². The highest BCUT2D eigenvalue weighted by Gasteiger charge is 2.22. The molecule has 5 nitrogen and oxygen atoms in total. The van der Waals surface area contributed by atoms with Gasteiger partial charge in [0.05, 0.1) is 25.1 Å². The molecule has 0 radical (unpaired) electrons. The molecule has 29 heavy (non-hydrogen) atoms. The summed E-state index contributed by atoms with van der Waals surface area (Å²) >= 11 is 1.87. The van der Waals surface area contributed by atoms with E-state index in [1.54, 1.807) is 0 Å². The summed E-state index contributed by atoms with van der Waals surface area (Å²) in [5.41, 5.74) is 3.92. The maximum atomic E-state index is 5.49. The molecular weight excluding hydrogens is 380 g/mol. The second-order valence-electron chi connectivity index (χ2n) is 7.94. The zero-order valence-corrected chi connectivity index (χ0v) is 17.9. The molecule has 3 heterocycles. The number of ether oxygens (including phenoxy) is 1. The molecule has 6 heteroatoms. The minimum absolute atomic E-state index is 0.783. The zero-order valence-electron chi connectivity index (χ0n) is 17.0. The van der Waals surface area contributed by atoms with Crippen LogP contribution >= 0.6 is 11.3 Å². The summed E-state index contributed by atoms with van der Waals surface area (Å²) in [6, 6.07) is 8.71. The Balaban J connectivity index is 1.53. The van der Waals surface area contributed by atoms with E-state index in [9.17, 15) is 0 Å². The van der Waals surface area contributed by atoms with Gasteiger partial charge >= 0.3 is 0 Å². The quantitative estimate of drug-likeness (QED) is 0.663. The van der Waals surface area contributed by atoms with Gasteiger partial charge in [0, 0.05) is 23.7 Å². The lowest BCUT2D eigenvalue weighted by atomic mass is 9.97. The normalized spacial score (nSPS) is 17.4. The van der Waals surface area contributed by atoms with Crippen molar-refractivity contribution in [1.29, 1.82) is 0 Å². The molecule has 2 aromatic heterocycles. The Hall–Kier alpha value is -2.02. The van der Waals surface area contributed by atoms with Gasteiger partial charge in [-0.15, -0.1) is 11.3 Å². The first kappa shape index (κ1) is 19.0. The lowest BCUT2D eigenvalue weighted by Gasteiger charge is -2.25. The fourth-order valence-electron chi connectivity index (χ4n) is 4.28. The fourth-order valence-corrected chi connectivity index (χ4v) is 5.56. The lowest BCUT2D eigenvalue weighted by Crippen LogP contribution is -2.36. The molecule has 0 amide bonds. The number of hydrogen-bond acceptors (Lipinski definition) is 6. The highest BCUT2D eigenvalue weighted by molar-refractivity contribution is 7.19. The molecule has 5 rings (SSSR count). The predicted octanol–water partition coefficient (Wildman–Crippen LogP) is 4.71. The van der Waals surface area contributed by atoms with E-state index >= 15 is 0 Å². The first-order valence-electron chi connectivity index (χ1n) is 10.8. The molecule has 1 aliphatic carbocycles. The number of nitrogens with one attached hydrogen (secondary N) is 1. The average molecular weight is 409 g/mol. The number of thiophene rings is 1. The van der Waals surface area contributed by atoms with E-state index in [0.29, 0.717) is 0 Å². The van der Waals surface area contributed by atoms with Gasteiger partial charge in [0.2, 0.25) is 0 Å². The molecule has 0 unspecified atom stereocenters. The molecule has 0 atom stereocenters. The summed E-state index contributed by atoms with van der Waals surface area (Å²) in [7, 11) is 0. The van der Waals surface area contributed by atoms with E-state index in [1.807, 2.05) is 11.3 Å². The molecule has 0 bridgehead atoms. The number of nitrogens with zero attached hydrogens (tertiary/aromatic N) is 3. The second kappa shape index (κ2) is 8.38. The lowest BCUT2D eigenvalue weighted by molar-refractivity contribution is 0.0331. The first-order valence-corrected chi connectivity index (χ1v) is 11.6. The third-order valence-corrected chi connectivity index (χ3v) is 7.14. The smallest absolute Gasteiger partial charge is 0.146 e. The van der Waals surface area contributed by atoms with Crippen LogP contribution in [0.25, 0.3) is 10.2 Å². The van der Waals surface area contributed by atoms with Gasteiger partial charge in [0.1, 0.15) is 16.5 Å². The van der Waals surface area contributed by atoms with Crippen molar-refractivity contribution in [3.8, 4) is 0 Å². The molecular formula is C23H28N4OS. The standard InChI is InChI=1S/C23H28N4OS/c1-2-16-7-9-17(10-8-16)24-22-21-18-5-3-4-6-19(18)29-23(21)26-20(25-22)15-27-11-13-28-14-12-27/h7-10H,2-6,11-15H2,1H3,(H,24,25,26). The van der Waals surface area contributed by atoms with Crippen LogP contribution in [0.1, 0.15) is 41.6 Å². The number of anilines is 2. The van der Waals surface area contributed by atoms with Crippen molar-refractivity contribution in [2.24, 2.45) is 0 Å². The molecule has 0 saturated carbocycles. The van der Waals surface area contributed by atoms with Crippen molar-refractivity contribution < 1.29 is 4.74 Å². The Bertz CT molecular complexity index is 992. The highest BCUT2D eigenvalue weighted by atomic mass is 32.1. The van der Waals surface area contributed by atoms with Crippen molar-refractivity contribution in [1.82, 2.24) is 14.9 Å². The Morgan fingerprint density at radius 1 is 1.07 bits per heavy atom. The van der Waals surface area contributed by atoms with E-state index in [0.717, 1.165) is 67.8 Å². The first-order chi connectivity index (χ1) is 14.3. The summed E-state index contributed by atoms with van der Waals surface area (Å²) in [6.07, 6.45) is 5.93. The Kier molecular flexibility index (Phi) is 5.48. The monoisotopic (exact) mass is 408 g/mol. The number of aromatic nitrogens is 2. The summed E-state index contributed by atoms with van der Waals surface area (Å²) < 4.78 is 5.49. The molecule has 1 aliphatic heterocycles. The maximum absolute atomic E-state index is 5.49. The Morgan fingerprint density at radius 3 is 2.66 bits per heavy atom. The van der Waals surface area contributed by atoms with E-state index in [1.165, 1.54) is 40.7 Å². The van der Waals surface area contributed by atoms with Crippen LogP contribution in [0.2, 0.25) is 0 Å².